The topological polar surface area (TPSA) is 69.0 Å². The first-order chi connectivity index (χ1) is 10.6. The van der Waals surface area contributed by atoms with E-state index in [2.05, 4.69) is 15.4 Å². The third-order valence-corrected chi connectivity index (χ3v) is 3.16. The number of hydrogen-bond acceptors (Lipinski definition) is 4. The first-order valence-corrected chi connectivity index (χ1v) is 7.43. The number of aryl methyl sites for hydroxylation is 1. The molecule has 1 heterocycles. The summed E-state index contributed by atoms with van der Waals surface area (Å²) in [6, 6.07) is 7.66. The molecule has 1 aromatic heterocycles. The first kappa shape index (κ1) is 16.0. The normalized spacial score (nSPS) is 12.2. The van der Waals surface area contributed by atoms with Crippen LogP contribution in [0.2, 0.25) is 0 Å². The summed E-state index contributed by atoms with van der Waals surface area (Å²) in [6.45, 7) is 6.44. The Morgan fingerprint density at radius 3 is 2.77 bits per heavy atom. The zero-order chi connectivity index (χ0) is 15.9. The molecule has 0 saturated carbocycles. The van der Waals surface area contributed by atoms with E-state index in [0.29, 0.717) is 13.0 Å². The molecule has 0 unspecified atom stereocenters. The number of nitrogens with one attached hydrogen (secondary N) is 1. The Morgan fingerprint density at radius 2 is 2.09 bits per heavy atom. The maximum atomic E-state index is 12.0. The largest absolute Gasteiger partial charge is 0.491 e. The molecule has 22 heavy (non-hydrogen) atoms. The fourth-order valence-corrected chi connectivity index (χ4v) is 2.16. The van der Waals surface area contributed by atoms with Crippen molar-refractivity contribution in [3.05, 3.63) is 42.5 Å². The third-order valence-electron chi connectivity index (χ3n) is 3.16. The van der Waals surface area contributed by atoms with E-state index in [0.717, 1.165) is 11.3 Å². The summed E-state index contributed by atoms with van der Waals surface area (Å²) >= 11 is 0. The lowest BCUT2D eigenvalue weighted by Crippen LogP contribution is -2.28. The SMILES string of the molecule is CC(C)Oc1ccccc1[C@@H](C)NC(=O)CCn1cncn1. The van der Waals surface area contributed by atoms with Gasteiger partial charge >= 0.3 is 0 Å². The minimum Gasteiger partial charge on any atom is -0.491 e. The van der Waals surface area contributed by atoms with Gasteiger partial charge in [-0.15, -0.1) is 0 Å². The van der Waals surface area contributed by atoms with E-state index in [9.17, 15) is 4.79 Å². The number of nitrogens with zero attached hydrogens (tertiary/aromatic N) is 3. The van der Waals surface area contributed by atoms with Crippen LogP contribution in [0.1, 0.15) is 38.8 Å². The summed E-state index contributed by atoms with van der Waals surface area (Å²) in [5.41, 5.74) is 0.977. The van der Waals surface area contributed by atoms with E-state index in [1.165, 1.54) is 6.33 Å². The van der Waals surface area contributed by atoms with Crippen LogP contribution in [0.25, 0.3) is 0 Å². The molecule has 0 aliphatic rings. The van der Waals surface area contributed by atoms with Crippen molar-refractivity contribution < 1.29 is 9.53 Å². The lowest BCUT2D eigenvalue weighted by atomic mass is 10.1. The predicted molar refractivity (Wildman–Crippen MR) is 83.4 cm³/mol. The van der Waals surface area contributed by atoms with Gasteiger partial charge in [0.05, 0.1) is 18.7 Å². The van der Waals surface area contributed by atoms with Crippen LogP contribution >= 0.6 is 0 Å². The minimum absolute atomic E-state index is 0.0256. The van der Waals surface area contributed by atoms with Crippen LogP contribution < -0.4 is 10.1 Å². The number of aromatic nitrogens is 3. The van der Waals surface area contributed by atoms with Gasteiger partial charge in [0.2, 0.25) is 5.91 Å². The number of amides is 1. The van der Waals surface area contributed by atoms with E-state index in [1.807, 2.05) is 45.0 Å². The molecule has 1 amide bonds. The van der Waals surface area contributed by atoms with Gasteiger partial charge in [-0.3, -0.25) is 9.48 Å². The molecule has 118 valence electrons. The molecule has 1 N–H and O–H groups in total. The standard InChI is InChI=1S/C16H22N4O2/c1-12(2)22-15-7-5-4-6-14(15)13(3)19-16(21)8-9-20-11-17-10-18-20/h4-7,10-13H,8-9H2,1-3H3,(H,19,21)/t13-/m1/s1. The van der Waals surface area contributed by atoms with Crippen molar-refractivity contribution in [3.8, 4) is 5.75 Å². The quantitative estimate of drug-likeness (QED) is 0.852. The molecule has 0 fully saturated rings. The molecule has 1 aromatic carbocycles. The molecule has 6 nitrogen and oxygen atoms in total. The Balaban J connectivity index is 1.93. The van der Waals surface area contributed by atoms with Crippen LogP contribution in [0, 0.1) is 0 Å². The van der Waals surface area contributed by atoms with Crippen molar-refractivity contribution in [1.29, 1.82) is 0 Å². The molecule has 1 atom stereocenters. The summed E-state index contributed by atoms with van der Waals surface area (Å²) in [4.78, 5) is 15.9. The summed E-state index contributed by atoms with van der Waals surface area (Å²) in [5, 5.41) is 6.97. The average Bonchev–Trinajstić information content (AvgIpc) is 2.98. The Hall–Kier alpha value is -2.37. The van der Waals surface area contributed by atoms with E-state index >= 15 is 0 Å². The second kappa shape index (κ2) is 7.59. The average molecular weight is 302 g/mol. The van der Waals surface area contributed by atoms with Crippen LogP contribution in [-0.2, 0) is 11.3 Å². The number of benzene rings is 1. The molecular weight excluding hydrogens is 280 g/mol. The maximum absolute atomic E-state index is 12.0. The predicted octanol–water partition coefficient (Wildman–Crippen LogP) is 2.33. The third kappa shape index (κ3) is 4.58. The smallest absolute Gasteiger partial charge is 0.222 e. The van der Waals surface area contributed by atoms with Crippen molar-refractivity contribution in [2.45, 2.75) is 45.9 Å². The molecule has 6 heteroatoms. The van der Waals surface area contributed by atoms with Crippen molar-refractivity contribution in [3.63, 3.8) is 0 Å². The molecular formula is C16H22N4O2. The van der Waals surface area contributed by atoms with E-state index in [-0.39, 0.29) is 18.1 Å². The van der Waals surface area contributed by atoms with Crippen LogP contribution in [0.5, 0.6) is 5.75 Å². The lowest BCUT2D eigenvalue weighted by Gasteiger charge is -2.19. The highest BCUT2D eigenvalue weighted by Gasteiger charge is 2.14. The second-order valence-corrected chi connectivity index (χ2v) is 5.40. The van der Waals surface area contributed by atoms with Gasteiger partial charge in [-0.25, -0.2) is 4.98 Å². The van der Waals surface area contributed by atoms with Gasteiger partial charge in [-0.2, -0.15) is 5.10 Å². The van der Waals surface area contributed by atoms with E-state index in [1.54, 1.807) is 11.0 Å². The highest BCUT2D eigenvalue weighted by molar-refractivity contribution is 5.76. The molecule has 2 rings (SSSR count). The Bertz CT molecular complexity index is 596. The summed E-state index contributed by atoms with van der Waals surface area (Å²) in [7, 11) is 0. The van der Waals surface area contributed by atoms with Crippen LogP contribution in [0.3, 0.4) is 0 Å². The van der Waals surface area contributed by atoms with Crippen molar-refractivity contribution in [2.75, 3.05) is 0 Å². The fourth-order valence-electron chi connectivity index (χ4n) is 2.16. The van der Waals surface area contributed by atoms with Crippen molar-refractivity contribution >= 4 is 5.91 Å². The number of carbonyl (C=O) groups excluding carboxylic acids is 1. The Kier molecular flexibility index (Phi) is 5.52. The number of carbonyl (C=O) groups is 1. The number of para-hydroxylation sites is 1. The zero-order valence-electron chi connectivity index (χ0n) is 13.2. The molecule has 0 bridgehead atoms. The van der Waals surface area contributed by atoms with Gasteiger partial charge in [-0.1, -0.05) is 18.2 Å². The summed E-state index contributed by atoms with van der Waals surface area (Å²) < 4.78 is 7.43. The number of rotatable bonds is 7. The van der Waals surface area contributed by atoms with Crippen LogP contribution in [-0.4, -0.2) is 26.8 Å². The molecule has 0 radical (unpaired) electrons. The molecule has 2 aromatic rings. The van der Waals surface area contributed by atoms with Gasteiger partial charge in [-0.05, 0) is 26.8 Å². The molecule has 0 aliphatic heterocycles. The van der Waals surface area contributed by atoms with Gasteiger partial charge in [0.15, 0.2) is 0 Å². The monoisotopic (exact) mass is 302 g/mol. The molecule has 0 spiro atoms. The lowest BCUT2D eigenvalue weighted by molar-refractivity contribution is -0.122. The zero-order valence-corrected chi connectivity index (χ0v) is 13.2. The van der Waals surface area contributed by atoms with E-state index < -0.39 is 0 Å². The van der Waals surface area contributed by atoms with Gasteiger partial charge in [0, 0.05) is 12.0 Å². The minimum atomic E-state index is -0.113. The van der Waals surface area contributed by atoms with Crippen molar-refractivity contribution in [2.24, 2.45) is 0 Å². The summed E-state index contributed by atoms with van der Waals surface area (Å²) in [6.07, 6.45) is 3.51. The first-order valence-electron chi connectivity index (χ1n) is 7.43. The highest BCUT2D eigenvalue weighted by atomic mass is 16.5. The number of ether oxygens (including phenoxy) is 1. The van der Waals surface area contributed by atoms with Gasteiger partial charge in [0.1, 0.15) is 18.4 Å². The van der Waals surface area contributed by atoms with Gasteiger partial charge < -0.3 is 10.1 Å². The van der Waals surface area contributed by atoms with Gasteiger partial charge in [0.25, 0.3) is 0 Å². The summed E-state index contributed by atoms with van der Waals surface area (Å²) in [5.74, 6) is 0.781. The van der Waals surface area contributed by atoms with Crippen molar-refractivity contribution in [1.82, 2.24) is 20.1 Å². The van der Waals surface area contributed by atoms with E-state index in [4.69, 9.17) is 4.74 Å². The molecule has 0 saturated heterocycles. The van der Waals surface area contributed by atoms with Crippen LogP contribution in [0.4, 0.5) is 0 Å². The maximum Gasteiger partial charge on any atom is 0.222 e. The Morgan fingerprint density at radius 1 is 1.32 bits per heavy atom. The number of hydrogen-bond donors (Lipinski definition) is 1. The Labute approximate surface area is 130 Å². The molecule has 0 aliphatic carbocycles. The highest BCUT2D eigenvalue weighted by Crippen LogP contribution is 2.25. The van der Waals surface area contributed by atoms with Crippen LogP contribution in [0.15, 0.2) is 36.9 Å². The second-order valence-electron chi connectivity index (χ2n) is 5.40. The fraction of sp³-hybridized carbons (Fsp3) is 0.438.